The van der Waals surface area contributed by atoms with Gasteiger partial charge in [0.05, 0.1) is 21.7 Å². The van der Waals surface area contributed by atoms with Gasteiger partial charge in [0.2, 0.25) is 0 Å². The second-order valence-electron chi connectivity index (χ2n) is 8.88. The summed E-state index contributed by atoms with van der Waals surface area (Å²) in [5.41, 5.74) is 7.21. The van der Waals surface area contributed by atoms with E-state index in [1.165, 1.54) is 42.6 Å². The van der Waals surface area contributed by atoms with Crippen molar-refractivity contribution >= 4 is 49.8 Å². The molecular weight excluding hydrogens is 514 g/mol. The van der Waals surface area contributed by atoms with Crippen LogP contribution in [0, 0.1) is 5.92 Å². The quantitative estimate of drug-likeness (QED) is 0.418. The number of carbonyl (C=O) groups is 3. The van der Waals surface area contributed by atoms with Crippen LogP contribution >= 0.6 is 11.3 Å². The van der Waals surface area contributed by atoms with Crippen molar-refractivity contribution in [3.05, 3.63) is 76.2 Å². The van der Waals surface area contributed by atoms with Crippen LogP contribution < -0.4 is 15.4 Å². The summed E-state index contributed by atoms with van der Waals surface area (Å²) in [6.45, 7) is 1.52. The van der Waals surface area contributed by atoms with E-state index >= 15 is 0 Å². The SMILES string of the molecule is CC1CCc2c(sc(NC(=O)COC(=O)c3cccc(S(=O)(=O)N(C)c4ccccc4)c3)c2C(N)=O)C1. The lowest BCUT2D eigenvalue weighted by Crippen LogP contribution is -2.27. The van der Waals surface area contributed by atoms with Gasteiger partial charge in [0.1, 0.15) is 5.00 Å². The smallest absolute Gasteiger partial charge is 0.338 e. The number of ether oxygens (including phenoxy) is 1. The first kappa shape index (κ1) is 26.4. The zero-order chi connectivity index (χ0) is 26.7. The van der Waals surface area contributed by atoms with Crippen molar-refractivity contribution in [3.8, 4) is 0 Å². The van der Waals surface area contributed by atoms with Crippen LogP contribution in [-0.4, -0.2) is 39.9 Å². The minimum Gasteiger partial charge on any atom is -0.452 e. The summed E-state index contributed by atoms with van der Waals surface area (Å²) in [5.74, 6) is -1.62. The molecule has 1 atom stereocenters. The first-order valence-electron chi connectivity index (χ1n) is 11.6. The predicted molar refractivity (Wildman–Crippen MR) is 141 cm³/mol. The lowest BCUT2D eigenvalue weighted by molar-refractivity contribution is -0.119. The number of carbonyl (C=O) groups excluding carboxylic acids is 3. The van der Waals surface area contributed by atoms with Crippen LogP contribution in [0.15, 0.2) is 59.5 Å². The molecule has 1 aliphatic carbocycles. The summed E-state index contributed by atoms with van der Waals surface area (Å²) in [6, 6.07) is 13.9. The van der Waals surface area contributed by atoms with Gasteiger partial charge >= 0.3 is 5.97 Å². The number of nitrogens with two attached hydrogens (primary N) is 1. The Bertz CT molecular complexity index is 1450. The number of benzene rings is 2. The molecule has 0 saturated heterocycles. The second kappa shape index (κ2) is 10.7. The van der Waals surface area contributed by atoms with Gasteiger partial charge in [-0.15, -0.1) is 11.3 Å². The number of amides is 2. The van der Waals surface area contributed by atoms with Gasteiger partial charge in [-0.05, 0) is 61.1 Å². The average Bonchev–Trinajstić information content (AvgIpc) is 3.24. The van der Waals surface area contributed by atoms with Gasteiger partial charge in [0.15, 0.2) is 6.61 Å². The monoisotopic (exact) mass is 541 g/mol. The van der Waals surface area contributed by atoms with Gasteiger partial charge in [-0.2, -0.15) is 0 Å². The molecule has 9 nitrogen and oxygen atoms in total. The van der Waals surface area contributed by atoms with E-state index < -0.39 is 34.4 Å². The number of fused-ring (bicyclic) bond motifs is 1. The van der Waals surface area contributed by atoms with Gasteiger partial charge in [0.25, 0.3) is 21.8 Å². The molecule has 4 rings (SSSR count). The number of para-hydroxylation sites is 1. The van der Waals surface area contributed by atoms with Gasteiger partial charge in [-0.25, -0.2) is 13.2 Å². The summed E-state index contributed by atoms with van der Waals surface area (Å²) in [6.07, 6.45) is 2.46. The molecule has 1 heterocycles. The normalized spacial score (nSPS) is 14.9. The van der Waals surface area contributed by atoms with Gasteiger partial charge in [-0.1, -0.05) is 31.2 Å². The molecule has 0 spiro atoms. The van der Waals surface area contributed by atoms with Crippen LogP contribution in [0.25, 0.3) is 0 Å². The summed E-state index contributed by atoms with van der Waals surface area (Å²) >= 11 is 1.31. The molecule has 3 aromatic rings. The first-order valence-corrected chi connectivity index (χ1v) is 13.9. The minimum absolute atomic E-state index is 0.0197. The molecule has 2 amide bonds. The third-order valence-corrected chi connectivity index (χ3v) is 9.14. The molecule has 1 aliphatic rings. The van der Waals surface area contributed by atoms with Crippen LogP contribution in [0.4, 0.5) is 10.7 Å². The van der Waals surface area contributed by atoms with E-state index in [0.29, 0.717) is 22.2 Å². The topological polar surface area (TPSA) is 136 Å². The Hall–Kier alpha value is -3.70. The number of hydrogen-bond acceptors (Lipinski definition) is 7. The Morgan fingerprint density at radius 3 is 2.57 bits per heavy atom. The summed E-state index contributed by atoms with van der Waals surface area (Å²) in [5, 5.41) is 2.99. The summed E-state index contributed by atoms with van der Waals surface area (Å²) in [4.78, 5) is 38.1. The number of thiophene rings is 1. The number of nitrogens with one attached hydrogen (secondary N) is 1. The van der Waals surface area contributed by atoms with Crippen LogP contribution in [0.2, 0.25) is 0 Å². The van der Waals surface area contributed by atoms with Crippen molar-refractivity contribution in [2.24, 2.45) is 11.7 Å². The van der Waals surface area contributed by atoms with E-state index in [9.17, 15) is 22.8 Å². The number of nitrogens with zero attached hydrogens (tertiary/aromatic N) is 1. The fraction of sp³-hybridized carbons (Fsp3) is 0.269. The zero-order valence-corrected chi connectivity index (χ0v) is 22.0. The average molecular weight is 542 g/mol. The Labute approximate surface area is 219 Å². The van der Waals surface area contributed by atoms with Gasteiger partial charge < -0.3 is 15.8 Å². The van der Waals surface area contributed by atoms with Crippen LogP contribution in [0.5, 0.6) is 0 Å². The Kier molecular flexibility index (Phi) is 7.65. The van der Waals surface area contributed by atoms with E-state index in [1.54, 1.807) is 30.3 Å². The molecule has 3 N–H and O–H groups in total. The van der Waals surface area contributed by atoms with Crippen LogP contribution in [0.3, 0.4) is 0 Å². The van der Waals surface area contributed by atoms with Crippen molar-refractivity contribution in [3.63, 3.8) is 0 Å². The number of primary amides is 1. The van der Waals surface area contributed by atoms with E-state index in [0.717, 1.165) is 34.0 Å². The van der Waals surface area contributed by atoms with Crippen molar-refractivity contribution in [2.45, 2.75) is 31.1 Å². The molecule has 0 saturated carbocycles. The van der Waals surface area contributed by atoms with E-state index in [1.807, 2.05) is 0 Å². The highest BCUT2D eigenvalue weighted by atomic mass is 32.2. The molecule has 0 fully saturated rings. The fourth-order valence-corrected chi connectivity index (χ4v) is 6.87. The predicted octanol–water partition coefficient (Wildman–Crippen LogP) is 3.59. The van der Waals surface area contributed by atoms with E-state index in [-0.39, 0.29) is 10.5 Å². The maximum absolute atomic E-state index is 13.0. The highest BCUT2D eigenvalue weighted by Crippen LogP contribution is 2.39. The summed E-state index contributed by atoms with van der Waals surface area (Å²) in [7, 11) is -2.51. The number of hydrogen-bond donors (Lipinski definition) is 2. The Morgan fingerprint density at radius 1 is 1.14 bits per heavy atom. The summed E-state index contributed by atoms with van der Waals surface area (Å²) < 4.78 is 32.3. The van der Waals surface area contributed by atoms with Crippen LogP contribution in [0.1, 0.15) is 44.5 Å². The standard InChI is InChI=1S/C26H27N3O6S2/c1-16-11-12-20-21(13-16)36-25(23(20)24(27)31)28-22(30)15-35-26(32)17-7-6-10-19(14-17)37(33,34)29(2)18-8-4-3-5-9-18/h3-10,14,16H,11-13,15H2,1-2H3,(H2,27,31)(H,28,30). The van der Waals surface area contributed by atoms with Crippen molar-refractivity contribution in [1.82, 2.24) is 0 Å². The fourth-order valence-electron chi connectivity index (χ4n) is 4.19. The second-order valence-corrected chi connectivity index (χ2v) is 12.0. The van der Waals surface area contributed by atoms with Crippen molar-refractivity contribution in [2.75, 3.05) is 23.3 Å². The number of esters is 1. The first-order chi connectivity index (χ1) is 17.6. The van der Waals surface area contributed by atoms with Gasteiger partial charge in [-0.3, -0.25) is 13.9 Å². The number of rotatable bonds is 8. The largest absolute Gasteiger partial charge is 0.452 e. The maximum Gasteiger partial charge on any atom is 0.338 e. The molecule has 2 aromatic carbocycles. The minimum atomic E-state index is -3.93. The van der Waals surface area contributed by atoms with Crippen molar-refractivity contribution < 1.29 is 27.5 Å². The number of sulfonamides is 1. The maximum atomic E-state index is 13.0. The molecule has 194 valence electrons. The molecule has 1 aromatic heterocycles. The molecule has 37 heavy (non-hydrogen) atoms. The van der Waals surface area contributed by atoms with Crippen molar-refractivity contribution in [1.29, 1.82) is 0 Å². The highest BCUT2D eigenvalue weighted by molar-refractivity contribution is 7.92. The van der Waals surface area contributed by atoms with Crippen LogP contribution in [-0.2, 0) is 32.4 Å². The molecule has 0 aliphatic heterocycles. The zero-order valence-electron chi connectivity index (χ0n) is 20.4. The third kappa shape index (κ3) is 5.67. The highest BCUT2D eigenvalue weighted by Gasteiger charge is 2.28. The van der Waals surface area contributed by atoms with E-state index in [4.69, 9.17) is 10.5 Å². The lowest BCUT2D eigenvalue weighted by Gasteiger charge is -2.19. The molecule has 0 bridgehead atoms. The number of anilines is 2. The molecule has 11 heteroatoms. The molecule has 0 radical (unpaired) electrons. The Morgan fingerprint density at radius 2 is 1.86 bits per heavy atom. The Balaban J connectivity index is 1.43. The molecular formula is C26H27N3O6S2. The molecule has 1 unspecified atom stereocenters. The third-order valence-electron chi connectivity index (χ3n) is 6.19. The lowest BCUT2D eigenvalue weighted by atomic mass is 9.88. The van der Waals surface area contributed by atoms with Gasteiger partial charge in [0, 0.05) is 11.9 Å². The van der Waals surface area contributed by atoms with E-state index in [2.05, 4.69) is 12.2 Å².